The highest BCUT2D eigenvalue weighted by molar-refractivity contribution is 9.11. The van der Waals surface area contributed by atoms with Gasteiger partial charge in [0, 0.05) is 4.47 Å². The molecule has 0 fully saturated rings. The summed E-state index contributed by atoms with van der Waals surface area (Å²) in [4.78, 5) is 0. The van der Waals surface area contributed by atoms with Crippen LogP contribution in [0.5, 0.6) is 5.75 Å². The summed E-state index contributed by atoms with van der Waals surface area (Å²) in [6, 6.07) is 5.77. The van der Waals surface area contributed by atoms with Crippen molar-refractivity contribution >= 4 is 31.9 Å². The van der Waals surface area contributed by atoms with Crippen LogP contribution in [0.15, 0.2) is 27.1 Å². The molecule has 1 aromatic rings. The van der Waals surface area contributed by atoms with Gasteiger partial charge in [-0.15, -0.1) is 0 Å². The molecule has 0 aliphatic rings. The van der Waals surface area contributed by atoms with E-state index in [0.717, 1.165) is 14.7 Å². The Labute approximate surface area is 76.6 Å². The molecule has 0 spiro atoms. The first kappa shape index (κ1) is 8.08. The van der Waals surface area contributed by atoms with Crippen molar-refractivity contribution in [3.8, 4) is 5.75 Å². The van der Waals surface area contributed by atoms with Crippen LogP contribution < -0.4 is 4.74 Å². The van der Waals surface area contributed by atoms with E-state index in [1.54, 1.807) is 7.11 Å². The normalized spacial score (nSPS) is 9.50. The van der Waals surface area contributed by atoms with Gasteiger partial charge in [-0.1, -0.05) is 15.9 Å². The fourth-order valence-electron chi connectivity index (χ4n) is 0.641. The molecule has 0 atom stereocenters. The van der Waals surface area contributed by atoms with Gasteiger partial charge in [0.1, 0.15) is 5.75 Å². The largest absolute Gasteiger partial charge is 0.496 e. The van der Waals surface area contributed by atoms with Gasteiger partial charge >= 0.3 is 0 Å². The Bertz CT molecular complexity index is 235. The third-order valence-corrected chi connectivity index (χ3v) is 2.23. The summed E-state index contributed by atoms with van der Waals surface area (Å²) >= 11 is 6.69. The van der Waals surface area contributed by atoms with E-state index in [1.165, 1.54) is 0 Å². The number of ether oxygens (including phenoxy) is 1. The maximum Gasteiger partial charge on any atom is 0.133 e. The number of hydrogen-bond donors (Lipinski definition) is 0. The number of methoxy groups -OCH3 is 1. The zero-order chi connectivity index (χ0) is 7.56. The van der Waals surface area contributed by atoms with Gasteiger partial charge < -0.3 is 4.74 Å². The molecular weight excluding hydrogens is 260 g/mol. The van der Waals surface area contributed by atoms with E-state index in [1.807, 2.05) is 18.2 Å². The lowest BCUT2D eigenvalue weighted by Crippen LogP contribution is -1.82. The van der Waals surface area contributed by atoms with Crippen molar-refractivity contribution in [2.45, 2.75) is 0 Å². The molecule has 0 amide bonds. The summed E-state index contributed by atoms with van der Waals surface area (Å²) in [5.74, 6) is 0.850. The molecule has 0 saturated heterocycles. The molecule has 0 aliphatic heterocycles. The summed E-state index contributed by atoms with van der Waals surface area (Å²) in [7, 11) is 1.65. The van der Waals surface area contributed by atoms with Gasteiger partial charge in [-0.3, -0.25) is 0 Å². The third-order valence-electron chi connectivity index (χ3n) is 1.11. The van der Waals surface area contributed by atoms with Crippen LogP contribution in [-0.2, 0) is 0 Å². The smallest absolute Gasteiger partial charge is 0.133 e. The van der Waals surface area contributed by atoms with Crippen molar-refractivity contribution < 1.29 is 4.74 Å². The van der Waals surface area contributed by atoms with Crippen LogP contribution in [0.2, 0.25) is 0 Å². The molecule has 3 heteroatoms. The molecule has 1 aromatic carbocycles. The van der Waals surface area contributed by atoms with E-state index in [2.05, 4.69) is 31.9 Å². The van der Waals surface area contributed by atoms with Gasteiger partial charge in [0.15, 0.2) is 0 Å². The van der Waals surface area contributed by atoms with Crippen LogP contribution in [0.1, 0.15) is 0 Å². The van der Waals surface area contributed by atoms with Crippen molar-refractivity contribution in [3.63, 3.8) is 0 Å². The van der Waals surface area contributed by atoms with E-state index < -0.39 is 0 Å². The average Bonchev–Trinajstić information content (AvgIpc) is 1.88. The van der Waals surface area contributed by atoms with Crippen LogP contribution in [0.3, 0.4) is 0 Å². The van der Waals surface area contributed by atoms with Crippen LogP contribution in [-0.4, -0.2) is 7.11 Å². The van der Waals surface area contributed by atoms with Crippen LogP contribution in [0.25, 0.3) is 0 Å². The van der Waals surface area contributed by atoms with Gasteiger partial charge in [-0.25, -0.2) is 0 Å². The second-order valence-electron chi connectivity index (χ2n) is 1.78. The number of rotatable bonds is 1. The first-order valence-corrected chi connectivity index (χ1v) is 4.31. The minimum absolute atomic E-state index is 0.850. The molecule has 0 radical (unpaired) electrons. The highest BCUT2D eigenvalue weighted by Crippen LogP contribution is 2.27. The summed E-state index contributed by atoms with van der Waals surface area (Å²) in [5.41, 5.74) is 0. The zero-order valence-electron chi connectivity index (χ0n) is 5.40. The summed E-state index contributed by atoms with van der Waals surface area (Å²) in [5, 5.41) is 0. The van der Waals surface area contributed by atoms with E-state index in [-0.39, 0.29) is 0 Å². The summed E-state index contributed by atoms with van der Waals surface area (Å²) in [6.45, 7) is 0. The lowest BCUT2D eigenvalue weighted by Gasteiger charge is -2.01. The van der Waals surface area contributed by atoms with Crippen molar-refractivity contribution in [3.05, 3.63) is 27.1 Å². The quantitative estimate of drug-likeness (QED) is 0.758. The number of hydrogen-bond acceptors (Lipinski definition) is 1. The van der Waals surface area contributed by atoms with Gasteiger partial charge in [0.25, 0.3) is 0 Å². The molecule has 1 rings (SSSR count). The first-order valence-electron chi connectivity index (χ1n) is 2.73. The van der Waals surface area contributed by atoms with E-state index in [0.29, 0.717) is 0 Å². The molecule has 0 bridgehead atoms. The molecule has 54 valence electrons. The maximum atomic E-state index is 5.03. The van der Waals surface area contributed by atoms with E-state index >= 15 is 0 Å². The number of halogens is 2. The van der Waals surface area contributed by atoms with Crippen molar-refractivity contribution in [2.24, 2.45) is 0 Å². The Morgan fingerprint density at radius 2 is 2.00 bits per heavy atom. The summed E-state index contributed by atoms with van der Waals surface area (Å²) < 4.78 is 7.04. The first-order chi connectivity index (χ1) is 4.74. The molecule has 0 aromatic heterocycles. The number of benzene rings is 1. The molecule has 0 N–H and O–H groups in total. The van der Waals surface area contributed by atoms with Crippen LogP contribution in [0.4, 0.5) is 0 Å². The monoisotopic (exact) mass is 264 g/mol. The molecule has 0 heterocycles. The second kappa shape index (κ2) is 3.39. The predicted molar refractivity (Wildman–Crippen MR) is 48.4 cm³/mol. The topological polar surface area (TPSA) is 9.23 Å². The fourth-order valence-corrected chi connectivity index (χ4v) is 1.85. The Hall–Kier alpha value is -0.0200. The van der Waals surface area contributed by atoms with Crippen molar-refractivity contribution in [1.29, 1.82) is 0 Å². The van der Waals surface area contributed by atoms with Gasteiger partial charge in [0.05, 0.1) is 11.6 Å². The predicted octanol–water partition coefficient (Wildman–Crippen LogP) is 3.22. The van der Waals surface area contributed by atoms with Crippen LogP contribution in [0, 0.1) is 0 Å². The standard InChI is InChI=1S/C7H6Br2O/c1-10-7-3-2-5(8)4-6(7)9/h2-4H,1H3. The van der Waals surface area contributed by atoms with E-state index in [9.17, 15) is 0 Å². The Morgan fingerprint density at radius 1 is 1.30 bits per heavy atom. The molecule has 0 saturated carbocycles. The fraction of sp³-hybridized carbons (Fsp3) is 0.143. The highest BCUT2D eigenvalue weighted by Gasteiger charge is 1.97. The molecule has 0 unspecified atom stereocenters. The third kappa shape index (κ3) is 1.73. The maximum absolute atomic E-state index is 5.03. The molecular formula is C7H6Br2O. The van der Waals surface area contributed by atoms with Crippen molar-refractivity contribution in [1.82, 2.24) is 0 Å². The molecule has 1 nitrogen and oxygen atoms in total. The Kier molecular flexibility index (Phi) is 2.74. The highest BCUT2D eigenvalue weighted by atomic mass is 79.9. The summed E-state index contributed by atoms with van der Waals surface area (Å²) in [6.07, 6.45) is 0. The zero-order valence-corrected chi connectivity index (χ0v) is 8.57. The SMILES string of the molecule is COc1ccc(Br)cc1Br. The van der Waals surface area contributed by atoms with Gasteiger partial charge in [0.2, 0.25) is 0 Å². The van der Waals surface area contributed by atoms with Crippen LogP contribution >= 0.6 is 31.9 Å². The molecule has 0 aliphatic carbocycles. The van der Waals surface area contributed by atoms with E-state index in [4.69, 9.17) is 4.74 Å². The lowest BCUT2D eigenvalue weighted by atomic mass is 10.3. The van der Waals surface area contributed by atoms with Gasteiger partial charge in [-0.2, -0.15) is 0 Å². The second-order valence-corrected chi connectivity index (χ2v) is 3.55. The van der Waals surface area contributed by atoms with Gasteiger partial charge in [-0.05, 0) is 34.1 Å². The minimum Gasteiger partial charge on any atom is -0.496 e. The Balaban J connectivity index is 3.07. The Morgan fingerprint density at radius 3 is 2.50 bits per heavy atom. The molecule has 10 heavy (non-hydrogen) atoms. The average molecular weight is 266 g/mol. The van der Waals surface area contributed by atoms with Crippen molar-refractivity contribution in [2.75, 3.05) is 7.11 Å². The minimum atomic E-state index is 0.850. The lowest BCUT2D eigenvalue weighted by molar-refractivity contribution is 0.412.